The van der Waals surface area contributed by atoms with Gasteiger partial charge >= 0.3 is 0 Å². The molecule has 0 spiro atoms. The van der Waals surface area contributed by atoms with Crippen LogP contribution in [-0.4, -0.2) is 33.7 Å². The molecule has 0 saturated heterocycles. The average molecular weight is 531 g/mol. The average Bonchev–Trinajstić information content (AvgIpc) is 3.46. The molecule has 0 unspecified atom stereocenters. The van der Waals surface area contributed by atoms with Gasteiger partial charge in [0.25, 0.3) is 5.91 Å². The Bertz CT molecular complexity index is 1640. The van der Waals surface area contributed by atoms with E-state index in [1.807, 2.05) is 50.2 Å². The number of fused-ring (bicyclic) bond motifs is 1. The van der Waals surface area contributed by atoms with Crippen molar-refractivity contribution >= 4 is 50.8 Å². The Morgan fingerprint density at radius 2 is 1.81 bits per heavy atom. The van der Waals surface area contributed by atoms with Crippen LogP contribution in [0.4, 0.5) is 5.13 Å². The van der Waals surface area contributed by atoms with Gasteiger partial charge in [-0.15, -0.1) is 10.2 Å². The Balaban J connectivity index is 1.46. The second-order valence-electron chi connectivity index (χ2n) is 8.60. The van der Waals surface area contributed by atoms with Gasteiger partial charge in [0.05, 0.1) is 19.0 Å². The minimum atomic E-state index is -0.254. The van der Waals surface area contributed by atoms with Gasteiger partial charge in [-0.25, -0.2) is 0 Å². The highest BCUT2D eigenvalue weighted by Crippen LogP contribution is 2.32. The van der Waals surface area contributed by atoms with E-state index in [4.69, 9.17) is 16.3 Å². The number of methoxy groups -OCH3 is 1. The number of hydrogen-bond donors (Lipinski definition) is 1. The summed E-state index contributed by atoms with van der Waals surface area (Å²) in [4.78, 5) is 26.6. The van der Waals surface area contributed by atoms with Crippen molar-refractivity contribution in [3.63, 3.8) is 0 Å². The Kier molecular flexibility index (Phi) is 6.78. The van der Waals surface area contributed by atoms with Crippen molar-refractivity contribution in [1.82, 2.24) is 14.8 Å². The summed E-state index contributed by atoms with van der Waals surface area (Å²) < 4.78 is 7.04. The molecule has 0 aliphatic carbocycles. The third kappa shape index (κ3) is 4.98. The van der Waals surface area contributed by atoms with Crippen molar-refractivity contribution < 1.29 is 14.3 Å². The fourth-order valence-electron chi connectivity index (χ4n) is 4.29. The fourth-order valence-corrected chi connectivity index (χ4v) is 5.17. The van der Waals surface area contributed by atoms with Gasteiger partial charge in [0.1, 0.15) is 10.8 Å². The van der Waals surface area contributed by atoms with Gasteiger partial charge in [-0.3, -0.25) is 14.2 Å². The molecule has 7 nitrogen and oxygen atoms in total. The fraction of sp³-hybridized carbons (Fsp3) is 0.143. The van der Waals surface area contributed by atoms with Gasteiger partial charge in [-0.1, -0.05) is 46.7 Å². The van der Waals surface area contributed by atoms with Crippen molar-refractivity contribution in [3.05, 3.63) is 94.1 Å². The first-order chi connectivity index (χ1) is 17.8. The number of benzene rings is 3. The molecule has 0 aliphatic heterocycles. The quantitative estimate of drug-likeness (QED) is 0.278. The Morgan fingerprint density at radius 3 is 2.54 bits per heavy atom. The van der Waals surface area contributed by atoms with Crippen molar-refractivity contribution in [3.8, 4) is 16.3 Å². The number of ether oxygens (including phenoxy) is 1. The summed E-state index contributed by atoms with van der Waals surface area (Å²) in [5.74, 6) is 0.177. The molecule has 5 aromatic rings. The number of hydrogen-bond acceptors (Lipinski definition) is 6. The van der Waals surface area contributed by atoms with Crippen LogP contribution in [0.1, 0.15) is 27.2 Å². The number of halogens is 1. The maximum Gasteiger partial charge on any atom is 0.262 e. The molecule has 1 amide bonds. The Hall–Kier alpha value is -4.01. The normalized spacial score (nSPS) is 11.0. The minimum absolute atomic E-state index is 0.0513. The second kappa shape index (κ2) is 10.2. The molecule has 1 N–H and O–H groups in total. The van der Waals surface area contributed by atoms with Gasteiger partial charge in [0.15, 0.2) is 0 Å². The highest BCUT2D eigenvalue weighted by Gasteiger charge is 2.22. The van der Waals surface area contributed by atoms with Crippen molar-refractivity contribution in [2.24, 2.45) is 0 Å². The smallest absolute Gasteiger partial charge is 0.262 e. The van der Waals surface area contributed by atoms with Gasteiger partial charge in [-0.2, -0.15) is 0 Å². The number of carbonyl (C=O) groups excluding carboxylic acids is 2. The highest BCUT2D eigenvalue weighted by molar-refractivity contribution is 7.18. The van der Waals surface area contributed by atoms with Crippen LogP contribution in [0.3, 0.4) is 0 Å². The Labute approximate surface area is 222 Å². The summed E-state index contributed by atoms with van der Waals surface area (Å²) in [6, 6.07) is 20.2. The van der Waals surface area contributed by atoms with E-state index in [-0.39, 0.29) is 18.2 Å². The van der Waals surface area contributed by atoms with E-state index >= 15 is 0 Å². The summed E-state index contributed by atoms with van der Waals surface area (Å²) in [5.41, 5.74) is 4.67. The molecule has 3 aromatic carbocycles. The lowest BCUT2D eigenvalue weighted by Gasteiger charge is -2.08. The summed E-state index contributed by atoms with van der Waals surface area (Å²) >= 11 is 7.32. The lowest BCUT2D eigenvalue weighted by atomic mass is 10.1. The number of aromatic nitrogens is 3. The molecule has 0 atom stereocenters. The zero-order valence-electron chi connectivity index (χ0n) is 20.4. The second-order valence-corrected chi connectivity index (χ2v) is 10.0. The molecular formula is C28H23ClN4O3S. The predicted molar refractivity (Wildman–Crippen MR) is 147 cm³/mol. The van der Waals surface area contributed by atoms with E-state index in [0.29, 0.717) is 32.7 Å². The zero-order chi connectivity index (χ0) is 26.1. The number of carbonyl (C=O) groups is 2. The molecule has 2 aromatic heterocycles. The molecule has 0 aliphatic rings. The van der Waals surface area contributed by atoms with E-state index in [0.717, 1.165) is 27.1 Å². The first kappa shape index (κ1) is 24.7. The molecule has 186 valence electrons. The standard InChI is InChI=1S/C28H23ClN4O3S/c1-16-5-4-6-19(13-16)26-31-32-28(37-26)30-25(34)15-22-17(2)33(24-12-11-21(36-3)14-23(22)24)27(35)18-7-9-20(29)10-8-18/h4-14H,15H2,1-3H3,(H,30,32,34). The molecule has 37 heavy (non-hydrogen) atoms. The summed E-state index contributed by atoms with van der Waals surface area (Å²) in [7, 11) is 1.58. The summed E-state index contributed by atoms with van der Waals surface area (Å²) in [6.45, 7) is 3.85. The van der Waals surface area contributed by atoms with Crippen molar-refractivity contribution in [1.29, 1.82) is 0 Å². The van der Waals surface area contributed by atoms with Gasteiger partial charge in [-0.05, 0) is 67.9 Å². The van der Waals surface area contributed by atoms with Crippen molar-refractivity contribution in [2.45, 2.75) is 20.3 Å². The monoisotopic (exact) mass is 530 g/mol. The molecule has 9 heteroatoms. The number of anilines is 1. The van der Waals surface area contributed by atoms with Crippen LogP contribution in [0.15, 0.2) is 66.7 Å². The number of nitrogens with one attached hydrogen (secondary N) is 1. The van der Waals surface area contributed by atoms with Crippen LogP contribution in [0, 0.1) is 13.8 Å². The van der Waals surface area contributed by atoms with Crippen LogP contribution >= 0.6 is 22.9 Å². The van der Waals surface area contributed by atoms with Crippen LogP contribution < -0.4 is 10.1 Å². The summed E-state index contributed by atoms with van der Waals surface area (Å²) in [6.07, 6.45) is 0.0513. The van der Waals surface area contributed by atoms with E-state index in [1.54, 1.807) is 42.0 Å². The molecule has 0 saturated carbocycles. The van der Waals surface area contributed by atoms with E-state index in [1.165, 1.54) is 11.3 Å². The molecular weight excluding hydrogens is 508 g/mol. The minimum Gasteiger partial charge on any atom is -0.497 e. The topological polar surface area (TPSA) is 86.1 Å². The molecule has 2 heterocycles. The van der Waals surface area contributed by atoms with E-state index in [2.05, 4.69) is 15.5 Å². The van der Waals surface area contributed by atoms with Crippen LogP contribution in [0.5, 0.6) is 5.75 Å². The predicted octanol–water partition coefficient (Wildman–Crippen LogP) is 6.31. The van der Waals surface area contributed by atoms with Crippen LogP contribution in [0.2, 0.25) is 5.02 Å². The number of aryl methyl sites for hydroxylation is 1. The zero-order valence-corrected chi connectivity index (χ0v) is 22.0. The van der Waals surface area contributed by atoms with Crippen molar-refractivity contribution in [2.75, 3.05) is 12.4 Å². The van der Waals surface area contributed by atoms with E-state index in [9.17, 15) is 9.59 Å². The highest BCUT2D eigenvalue weighted by atomic mass is 35.5. The number of nitrogens with zero attached hydrogens (tertiary/aromatic N) is 3. The number of rotatable bonds is 6. The summed E-state index contributed by atoms with van der Waals surface area (Å²) in [5, 5.41) is 13.7. The maximum absolute atomic E-state index is 13.5. The SMILES string of the molecule is COc1ccc2c(c1)c(CC(=O)Nc1nnc(-c3cccc(C)c3)s1)c(C)n2C(=O)c1ccc(Cl)cc1. The van der Waals surface area contributed by atoms with Gasteiger partial charge < -0.3 is 10.1 Å². The first-order valence-electron chi connectivity index (χ1n) is 11.5. The van der Waals surface area contributed by atoms with E-state index < -0.39 is 0 Å². The third-order valence-corrected chi connectivity index (χ3v) is 7.25. The molecule has 5 rings (SSSR count). The molecule has 0 bridgehead atoms. The Morgan fingerprint density at radius 1 is 1.03 bits per heavy atom. The van der Waals surface area contributed by atoms with Gasteiger partial charge in [0, 0.05) is 27.2 Å². The molecule has 0 radical (unpaired) electrons. The third-order valence-electron chi connectivity index (χ3n) is 6.11. The lowest BCUT2D eigenvalue weighted by Crippen LogP contribution is -2.16. The van der Waals surface area contributed by atoms with Crippen LogP contribution in [-0.2, 0) is 11.2 Å². The lowest BCUT2D eigenvalue weighted by molar-refractivity contribution is -0.115. The van der Waals surface area contributed by atoms with Crippen LogP contribution in [0.25, 0.3) is 21.5 Å². The molecule has 0 fully saturated rings. The first-order valence-corrected chi connectivity index (χ1v) is 12.7. The van der Waals surface area contributed by atoms with Gasteiger partial charge in [0.2, 0.25) is 11.0 Å². The largest absolute Gasteiger partial charge is 0.497 e. The number of amides is 1. The maximum atomic E-state index is 13.5.